The number of hydrogen-bond acceptors (Lipinski definition) is 8. The Labute approximate surface area is 237 Å². The number of morpholine rings is 1. The van der Waals surface area contributed by atoms with Crippen molar-refractivity contribution in [2.75, 3.05) is 51.5 Å². The maximum absolute atomic E-state index is 14.1. The molecule has 1 amide bonds. The molecule has 3 aromatic rings. The van der Waals surface area contributed by atoms with Crippen LogP contribution in [-0.4, -0.2) is 89.0 Å². The molecule has 1 aromatic carbocycles. The van der Waals surface area contributed by atoms with E-state index in [-0.39, 0.29) is 35.6 Å². The fourth-order valence-corrected chi connectivity index (χ4v) is 6.05. The lowest BCUT2D eigenvalue weighted by Crippen LogP contribution is -2.44. The van der Waals surface area contributed by atoms with Gasteiger partial charge in [-0.05, 0) is 50.7 Å². The average molecular weight is 571 g/mol. The Bertz CT molecular complexity index is 1350. The molecule has 4 heterocycles. The number of aromatic nitrogens is 4. The largest absolute Gasteiger partial charge is 0.474 e. The molecule has 6 rings (SSSR count). The molecular formula is C29H36F2N6O4. The minimum atomic E-state index is -2.79. The highest BCUT2D eigenvalue weighted by Crippen LogP contribution is 2.33. The van der Waals surface area contributed by atoms with Gasteiger partial charge in [0.25, 0.3) is 6.43 Å². The van der Waals surface area contributed by atoms with E-state index in [9.17, 15) is 13.6 Å². The van der Waals surface area contributed by atoms with E-state index in [2.05, 4.69) is 9.97 Å². The van der Waals surface area contributed by atoms with Crippen molar-refractivity contribution in [2.45, 2.75) is 57.1 Å². The summed E-state index contributed by atoms with van der Waals surface area (Å²) in [6, 6.07) is 8.86. The van der Waals surface area contributed by atoms with Gasteiger partial charge in [-0.15, -0.1) is 0 Å². The van der Waals surface area contributed by atoms with Gasteiger partial charge in [0.1, 0.15) is 11.9 Å². The Morgan fingerprint density at radius 3 is 2.41 bits per heavy atom. The average Bonchev–Trinajstić information content (AvgIpc) is 3.42. The van der Waals surface area contributed by atoms with Crippen LogP contribution in [0.15, 0.2) is 30.3 Å². The third-order valence-electron chi connectivity index (χ3n) is 8.38. The fraction of sp³-hybridized carbons (Fsp3) is 0.586. The lowest BCUT2D eigenvalue weighted by molar-refractivity contribution is -0.139. The number of benzene rings is 1. The molecule has 2 aromatic heterocycles. The summed E-state index contributed by atoms with van der Waals surface area (Å²) < 4.78 is 47.0. The van der Waals surface area contributed by atoms with Crippen molar-refractivity contribution in [3.63, 3.8) is 0 Å². The maximum Gasteiger partial charge on any atom is 0.296 e. The minimum absolute atomic E-state index is 0.0292. The second kappa shape index (κ2) is 12.2. The third kappa shape index (κ3) is 5.99. The molecule has 2 saturated heterocycles. The molecule has 12 heteroatoms. The van der Waals surface area contributed by atoms with Crippen LogP contribution in [0.1, 0.15) is 50.8 Å². The first-order chi connectivity index (χ1) is 20.0. The summed E-state index contributed by atoms with van der Waals surface area (Å²) >= 11 is 0. The topological polar surface area (TPSA) is 94.8 Å². The van der Waals surface area contributed by atoms with Gasteiger partial charge in [-0.1, -0.05) is 12.1 Å². The summed E-state index contributed by atoms with van der Waals surface area (Å²) in [4.78, 5) is 30.6. The number of imidazole rings is 1. The lowest BCUT2D eigenvalue weighted by atomic mass is 9.86. The summed E-state index contributed by atoms with van der Waals surface area (Å²) in [6.45, 7) is 3.63. The molecule has 0 N–H and O–H groups in total. The molecule has 220 valence electrons. The molecule has 0 bridgehead atoms. The third-order valence-corrected chi connectivity index (χ3v) is 8.38. The molecule has 0 radical (unpaired) electrons. The first kappa shape index (κ1) is 27.8. The number of para-hydroxylation sites is 2. The Hall–Kier alpha value is -3.38. The molecular weight excluding hydrogens is 534 g/mol. The fourth-order valence-electron chi connectivity index (χ4n) is 6.05. The molecule has 3 fully saturated rings. The van der Waals surface area contributed by atoms with Crippen LogP contribution in [0.3, 0.4) is 0 Å². The Balaban J connectivity index is 1.23. The van der Waals surface area contributed by atoms with Crippen LogP contribution < -0.4 is 9.64 Å². The summed E-state index contributed by atoms with van der Waals surface area (Å²) in [6.07, 6.45) is 1.70. The zero-order valence-corrected chi connectivity index (χ0v) is 23.3. The highest BCUT2D eigenvalue weighted by molar-refractivity contribution is 5.79. The van der Waals surface area contributed by atoms with Crippen molar-refractivity contribution >= 4 is 22.9 Å². The number of nitrogens with zero attached hydrogens (tertiary/aromatic N) is 6. The van der Waals surface area contributed by atoms with Gasteiger partial charge in [0.05, 0.1) is 24.2 Å². The van der Waals surface area contributed by atoms with Gasteiger partial charge in [-0.2, -0.15) is 9.97 Å². The smallest absolute Gasteiger partial charge is 0.296 e. The first-order valence-electron chi connectivity index (χ1n) is 14.5. The number of anilines is 1. The number of ether oxygens (including phenoxy) is 3. The molecule has 1 aliphatic carbocycles. The van der Waals surface area contributed by atoms with Crippen LogP contribution in [0.25, 0.3) is 16.9 Å². The van der Waals surface area contributed by atoms with Crippen LogP contribution in [-0.2, 0) is 14.3 Å². The number of amides is 1. The molecule has 10 nitrogen and oxygen atoms in total. The number of carbonyl (C=O) groups is 1. The maximum atomic E-state index is 14.1. The van der Waals surface area contributed by atoms with E-state index < -0.39 is 6.43 Å². The minimum Gasteiger partial charge on any atom is -0.474 e. The van der Waals surface area contributed by atoms with Crippen molar-refractivity contribution in [1.29, 1.82) is 0 Å². The highest BCUT2D eigenvalue weighted by atomic mass is 19.3. The monoisotopic (exact) mass is 570 g/mol. The van der Waals surface area contributed by atoms with Crippen LogP contribution in [0.2, 0.25) is 0 Å². The van der Waals surface area contributed by atoms with Crippen molar-refractivity contribution in [1.82, 2.24) is 24.4 Å². The zero-order chi connectivity index (χ0) is 28.3. The van der Waals surface area contributed by atoms with E-state index in [1.165, 1.54) is 4.57 Å². The molecule has 41 heavy (non-hydrogen) atoms. The lowest BCUT2D eigenvalue weighted by Gasteiger charge is -2.36. The van der Waals surface area contributed by atoms with Gasteiger partial charge in [0.15, 0.2) is 5.82 Å². The predicted molar refractivity (Wildman–Crippen MR) is 148 cm³/mol. The number of hydrogen-bond donors (Lipinski definition) is 0. The van der Waals surface area contributed by atoms with Crippen LogP contribution in [0.4, 0.5) is 14.7 Å². The van der Waals surface area contributed by atoms with Crippen molar-refractivity contribution in [3.8, 4) is 11.7 Å². The Kier molecular flexibility index (Phi) is 8.29. The molecule has 0 spiro atoms. The number of rotatable bonds is 7. The van der Waals surface area contributed by atoms with Gasteiger partial charge >= 0.3 is 0 Å². The Morgan fingerprint density at radius 1 is 0.976 bits per heavy atom. The van der Waals surface area contributed by atoms with Gasteiger partial charge in [-0.3, -0.25) is 9.36 Å². The van der Waals surface area contributed by atoms with E-state index in [0.717, 1.165) is 25.7 Å². The number of alkyl halides is 2. The van der Waals surface area contributed by atoms with Crippen molar-refractivity contribution < 1.29 is 27.8 Å². The van der Waals surface area contributed by atoms with Gasteiger partial charge < -0.3 is 24.0 Å². The van der Waals surface area contributed by atoms with Gasteiger partial charge in [-0.25, -0.2) is 13.8 Å². The standard InChI is InChI=1S/C29H36F2N6O4/c1-35(20-10-14-39-15-11-20)28(38)19-6-8-21(9-7-19)41-25-18-24(33-29(34-25)36-12-16-40-17-13-36)37-23-5-3-2-4-22(23)32-27(37)26(30)31/h2-5,18-21,26H,6-17H2,1H3/t19-,21-. The zero-order valence-electron chi connectivity index (χ0n) is 23.3. The number of carbonyl (C=O) groups excluding carboxylic acids is 1. The quantitative estimate of drug-likeness (QED) is 0.418. The second-order valence-electron chi connectivity index (χ2n) is 10.9. The molecule has 0 atom stereocenters. The molecule has 2 aliphatic heterocycles. The van der Waals surface area contributed by atoms with E-state index >= 15 is 0 Å². The van der Waals surface area contributed by atoms with Crippen LogP contribution >= 0.6 is 0 Å². The summed E-state index contributed by atoms with van der Waals surface area (Å²) in [5, 5.41) is 0. The normalized spacial score (nSPS) is 22.3. The van der Waals surface area contributed by atoms with E-state index in [4.69, 9.17) is 19.2 Å². The van der Waals surface area contributed by atoms with E-state index in [1.807, 2.05) is 16.8 Å². The second-order valence-corrected chi connectivity index (χ2v) is 10.9. The summed E-state index contributed by atoms with van der Waals surface area (Å²) in [5.74, 6) is 0.794. The van der Waals surface area contributed by atoms with Crippen LogP contribution in [0.5, 0.6) is 5.88 Å². The molecule has 1 saturated carbocycles. The van der Waals surface area contributed by atoms with Gasteiger partial charge in [0, 0.05) is 51.4 Å². The SMILES string of the molecule is CN(C(=O)[C@H]1CC[C@H](Oc2cc(-n3c(C(F)F)nc4ccccc43)nc(N3CCOCC3)n2)CC1)C1CCOCC1. The van der Waals surface area contributed by atoms with E-state index in [1.54, 1.807) is 30.3 Å². The highest BCUT2D eigenvalue weighted by Gasteiger charge is 2.33. The van der Waals surface area contributed by atoms with Crippen LogP contribution in [0, 0.1) is 5.92 Å². The first-order valence-corrected chi connectivity index (χ1v) is 14.5. The van der Waals surface area contributed by atoms with Crippen molar-refractivity contribution in [3.05, 3.63) is 36.2 Å². The Morgan fingerprint density at radius 2 is 1.68 bits per heavy atom. The predicted octanol–water partition coefficient (Wildman–Crippen LogP) is 4.16. The molecule has 3 aliphatic rings. The number of halogens is 2. The number of fused-ring (bicyclic) bond motifs is 1. The summed E-state index contributed by atoms with van der Waals surface area (Å²) in [7, 11) is 1.91. The molecule has 0 unspecified atom stereocenters. The van der Waals surface area contributed by atoms with E-state index in [0.29, 0.717) is 75.2 Å². The summed E-state index contributed by atoms with van der Waals surface area (Å²) in [5.41, 5.74) is 0.999. The van der Waals surface area contributed by atoms with Crippen molar-refractivity contribution in [2.24, 2.45) is 5.92 Å². The van der Waals surface area contributed by atoms with Gasteiger partial charge in [0.2, 0.25) is 17.7 Å².